The van der Waals surface area contributed by atoms with Crippen molar-refractivity contribution in [3.8, 4) is 0 Å². The van der Waals surface area contributed by atoms with E-state index in [4.69, 9.17) is 0 Å². The second kappa shape index (κ2) is 7.28. The molecule has 0 aliphatic carbocycles. The van der Waals surface area contributed by atoms with Crippen molar-refractivity contribution in [3.05, 3.63) is 30.1 Å². The fraction of sp³-hybridized carbons (Fsp3) is 0.571. The molecule has 17 heavy (non-hydrogen) atoms. The van der Waals surface area contributed by atoms with Crippen LogP contribution in [0.1, 0.15) is 26.7 Å². The lowest BCUT2D eigenvalue weighted by molar-refractivity contribution is 0.489. The molecular weight excluding hydrogens is 215 g/mol. The SMILES string of the molecule is CCC(CC)NCCN(C)c1cccc(F)c1. The van der Waals surface area contributed by atoms with Crippen molar-refractivity contribution in [2.24, 2.45) is 0 Å². The fourth-order valence-electron chi connectivity index (χ4n) is 1.86. The maximum Gasteiger partial charge on any atom is 0.125 e. The van der Waals surface area contributed by atoms with Crippen molar-refractivity contribution < 1.29 is 4.39 Å². The molecule has 0 aliphatic heterocycles. The van der Waals surface area contributed by atoms with Gasteiger partial charge in [-0.1, -0.05) is 19.9 Å². The van der Waals surface area contributed by atoms with Crippen molar-refractivity contribution >= 4 is 5.69 Å². The van der Waals surface area contributed by atoms with Crippen LogP contribution in [0.2, 0.25) is 0 Å². The number of rotatable bonds is 7. The first kappa shape index (κ1) is 14.0. The molecule has 0 aromatic heterocycles. The number of hydrogen-bond acceptors (Lipinski definition) is 2. The highest BCUT2D eigenvalue weighted by Gasteiger charge is 2.04. The molecule has 0 spiro atoms. The third-order valence-corrected chi connectivity index (χ3v) is 3.11. The van der Waals surface area contributed by atoms with Crippen molar-refractivity contribution in [3.63, 3.8) is 0 Å². The van der Waals surface area contributed by atoms with Crippen LogP contribution < -0.4 is 10.2 Å². The Bertz CT molecular complexity index is 324. The molecule has 3 heteroatoms. The third-order valence-electron chi connectivity index (χ3n) is 3.11. The quantitative estimate of drug-likeness (QED) is 0.785. The molecule has 0 atom stereocenters. The Hall–Kier alpha value is -1.09. The molecule has 0 radical (unpaired) electrons. The number of likely N-dealkylation sites (N-methyl/N-ethyl adjacent to an activating group) is 1. The molecule has 1 N–H and O–H groups in total. The summed E-state index contributed by atoms with van der Waals surface area (Å²) in [4.78, 5) is 2.07. The van der Waals surface area contributed by atoms with E-state index in [1.54, 1.807) is 12.1 Å². The Balaban J connectivity index is 2.37. The maximum absolute atomic E-state index is 13.0. The first-order valence-electron chi connectivity index (χ1n) is 6.37. The van der Waals surface area contributed by atoms with Crippen molar-refractivity contribution in [2.45, 2.75) is 32.7 Å². The second-order valence-electron chi connectivity index (χ2n) is 4.37. The van der Waals surface area contributed by atoms with E-state index < -0.39 is 0 Å². The first-order chi connectivity index (χ1) is 8.17. The van der Waals surface area contributed by atoms with Gasteiger partial charge in [0.1, 0.15) is 5.82 Å². The van der Waals surface area contributed by atoms with Gasteiger partial charge in [0.2, 0.25) is 0 Å². The van der Waals surface area contributed by atoms with E-state index in [1.165, 1.54) is 6.07 Å². The number of nitrogens with zero attached hydrogens (tertiary/aromatic N) is 1. The van der Waals surface area contributed by atoms with E-state index in [0.717, 1.165) is 31.6 Å². The lowest BCUT2D eigenvalue weighted by Crippen LogP contribution is -2.35. The van der Waals surface area contributed by atoms with Gasteiger partial charge < -0.3 is 10.2 Å². The van der Waals surface area contributed by atoms with Gasteiger partial charge in [-0.25, -0.2) is 4.39 Å². The van der Waals surface area contributed by atoms with Gasteiger partial charge in [0.25, 0.3) is 0 Å². The van der Waals surface area contributed by atoms with Crippen LogP contribution in [-0.4, -0.2) is 26.2 Å². The molecule has 0 heterocycles. The predicted molar refractivity (Wildman–Crippen MR) is 72.0 cm³/mol. The molecule has 0 saturated heterocycles. The summed E-state index contributed by atoms with van der Waals surface area (Å²) in [6, 6.07) is 7.31. The van der Waals surface area contributed by atoms with E-state index >= 15 is 0 Å². The van der Waals surface area contributed by atoms with Gasteiger partial charge in [0, 0.05) is 31.9 Å². The third kappa shape index (κ3) is 4.73. The zero-order valence-electron chi connectivity index (χ0n) is 11.0. The minimum Gasteiger partial charge on any atom is -0.373 e. The zero-order valence-corrected chi connectivity index (χ0v) is 11.0. The van der Waals surface area contributed by atoms with Crippen molar-refractivity contribution in [1.29, 1.82) is 0 Å². The van der Waals surface area contributed by atoms with Gasteiger partial charge in [0.15, 0.2) is 0 Å². The van der Waals surface area contributed by atoms with E-state index in [9.17, 15) is 4.39 Å². The Kier molecular flexibility index (Phi) is 5.98. The molecule has 0 amide bonds. The monoisotopic (exact) mass is 238 g/mol. The van der Waals surface area contributed by atoms with Crippen LogP contribution in [0, 0.1) is 5.82 Å². The summed E-state index contributed by atoms with van der Waals surface area (Å²) in [7, 11) is 1.99. The summed E-state index contributed by atoms with van der Waals surface area (Å²) in [6.45, 7) is 6.20. The zero-order chi connectivity index (χ0) is 12.7. The minimum atomic E-state index is -0.178. The van der Waals surface area contributed by atoms with E-state index in [1.807, 2.05) is 13.1 Å². The number of hydrogen-bond donors (Lipinski definition) is 1. The van der Waals surface area contributed by atoms with Crippen LogP contribution in [0.25, 0.3) is 0 Å². The highest BCUT2D eigenvalue weighted by molar-refractivity contribution is 5.45. The van der Waals surface area contributed by atoms with Gasteiger partial charge in [-0.05, 0) is 31.0 Å². The molecule has 0 saturated carbocycles. The maximum atomic E-state index is 13.0. The summed E-state index contributed by atoms with van der Waals surface area (Å²) in [5, 5.41) is 3.50. The van der Waals surface area contributed by atoms with Crippen molar-refractivity contribution in [2.75, 3.05) is 25.0 Å². The van der Waals surface area contributed by atoms with Crippen LogP contribution in [0.15, 0.2) is 24.3 Å². The summed E-state index contributed by atoms with van der Waals surface area (Å²) < 4.78 is 13.0. The highest BCUT2D eigenvalue weighted by Crippen LogP contribution is 2.13. The number of nitrogens with one attached hydrogen (secondary N) is 1. The molecule has 96 valence electrons. The Morgan fingerprint density at radius 3 is 2.59 bits per heavy atom. The van der Waals surface area contributed by atoms with E-state index in [0.29, 0.717) is 6.04 Å². The van der Waals surface area contributed by atoms with Gasteiger partial charge in [-0.15, -0.1) is 0 Å². The molecule has 0 bridgehead atoms. The Morgan fingerprint density at radius 2 is 2.00 bits per heavy atom. The molecule has 1 aromatic rings. The summed E-state index contributed by atoms with van der Waals surface area (Å²) >= 11 is 0. The van der Waals surface area contributed by atoms with E-state index in [-0.39, 0.29) is 5.82 Å². The number of anilines is 1. The lowest BCUT2D eigenvalue weighted by Gasteiger charge is -2.21. The van der Waals surface area contributed by atoms with E-state index in [2.05, 4.69) is 24.1 Å². The molecule has 0 fully saturated rings. The van der Waals surface area contributed by atoms with Crippen LogP contribution >= 0.6 is 0 Å². The molecule has 0 unspecified atom stereocenters. The summed E-state index contributed by atoms with van der Waals surface area (Å²) in [6.07, 6.45) is 2.31. The fourth-order valence-corrected chi connectivity index (χ4v) is 1.86. The van der Waals surface area contributed by atoms with Crippen LogP contribution in [0.4, 0.5) is 10.1 Å². The second-order valence-corrected chi connectivity index (χ2v) is 4.37. The molecule has 2 nitrogen and oxygen atoms in total. The standard InChI is InChI=1S/C14H23FN2/c1-4-13(5-2)16-9-10-17(3)14-8-6-7-12(15)11-14/h6-8,11,13,16H,4-5,9-10H2,1-3H3. The average Bonchev–Trinajstić information content (AvgIpc) is 2.34. The first-order valence-corrected chi connectivity index (χ1v) is 6.37. The Labute approximate surface area is 104 Å². The molecule has 0 aliphatic rings. The normalized spacial score (nSPS) is 10.9. The van der Waals surface area contributed by atoms with Gasteiger partial charge in [0.05, 0.1) is 0 Å². The van der Waals surface area contributed by atoms with Gasteiger partial charge >= 0.3 is 0 Å². The number of halogens is 1. The Morgan fingerprint density at radius 1 is 1.29 bits per heavy atom. The predicted octanol–water partition coefficient (Wildman–Crippen LogP) is 3.04. The summed E-state index contributed by atoms with van der Waals surface area (Å²) in [5.41, 5.74) is 0.927. The van der Waals surface area contributed by atoms with Crippen LogP contribution in [0.3, 0.4) is 0 Å². The molecule has 1 rings (SSSR count). The topological polar surface area (TPSA) is 15.3 Å². The van der Waals surface area contributed by atoms with Gasteiger partial charge in [-0.2, -0.15) is 0 Å². The lowest BCUT2D eigenvalue weighted by atomic mass is 10.2. The van der Waals surface area contributed by atoms with Gasteiger partial charge in [-0.3, -0.25) is 0 Å². The smallest absolute Gasteiger partial charge is 0.125 e. The largest absolute Gasteiger partial charge is 0.373 e. The average molecular weight is 238 g/mol. The molecule has 1 aromatic carbocycles. The highest BCUT2D eigenvalue weighted by atomic mass is 19.1. The summed E-state index contributed by atoms with van der Waals surface area (Å²) in [5.74, 6) is -0.178. The minimum absolute atomic E-state index is 0.178. The van der Waals surface area contributed by atoms with Crippen LogP contribution in [-0.2, 0) is 0 Å². The molecular formula is C14H23FN2. The van der Waals surface area contributed by atoms with Crippen LogP contribution in [0.5, 0.6) is 0 Å². The number of benzene rings is 1. The van der Waals surface area contributed by atoms with Crippen molar-refractivity contribution in [1.82, 2.24) is 5.32 Å².